The average molecular weight is 348 g/mol. The van der Waals surface area contributed by atoms with Gasteiger partial charge in [-0.2, -0.15) is 0 Å². The third-order valence-electron chi connectivity index (χ3n) is 6.40. The van der Waals surface area contributed by atoms with Gasteiger partial charge in [-0.1, -0.05) is 54.6 Å². The van der Waals surface area contributed by atoms with E-state index in [9.17, 15) is 4.79 Å². The molecule has 2 aliphatic rings. The number of fused-ring (bicyclic) bond motifs is 1. The maximum Gasteiger partial charge on any atom is 0.162 e. The van der Waals surface area contributed by atoms with Crippen LogP contribution in [0.5, 0.6) is 0 Å². The van der Waals surface area contributed by atoms with Crippen molar-refractivity contribution in [3.05, 3.63) is 71.3 Å². The predicted octanol–water partition coefficient (Wildman–Crippen LogP) is 4.97. The molecular formula is C24H29NO. The van der Waals surface area contributed by atoms with E-state index in [1.807, 2.05) is 30.3 Å². The van der Waals surface area contributed by atoms with E-state index < -0.39 is 0 Å². The van der Waals surface area contributed by atoms with Crippen molar-refractivity contribution >= 4 is 5.78 Å². The Morgan fingerprint density at radius 3 is 2.19 bits per heavy atom. The molecule has 26 heavy (non-hydrogen) atoms. The van der Waals surface area contributed by atoms with Gasteiger partial charge in [0, 0.05) is 18.0 Å². The van der Waals surface area contributed by atoms with Crippen molar-refractivity contribution in [2.24, 2.45) is 5.41 Å². The molecule has 0 unspecified atom stereocenters. The third kappa shape index (κ3) is 3.91. The lowest BCUT2D eigenvalue weighted by Gasteiger charge is -2.37. The van der Waals surface area contributed by atoms with Crippen LogP contribution in [-0.2, 0) is 12.8 Å². The second kappa shape index (κ2) is 7.75. The number of ketones is 1. The van der Waals surface area contributed by atoms with Crippen LogP contribution in [0.25, 0.3) is 0 Å². The standard InChI is InChI=1S/C24H29NO/c26-23(19-7-2-1-3-8-19)11-6-16-25-22-12-14-24(15-13-22)17-20-9-4-5-10-21(20)18-24/h1-5,7-10,22,25H,6,11-18H2. The van der Waals surface area contributed by atoms with E-state index >= 15 is 0 Å². The molecule has 4 rings (SSSR count). The predicted molar refractivity (Wildman–Crippen MR) is 107 cm³/mol. The average Bonchev–Trinajstić information content (AvgIpc) is 3.05. The third-order valence-corrected chi connectivity index (χ3v) is 6.40. The molecule has 0 radical (unpaired) electrons. The zero-order valence-electron chi connectivity index (χ0n) is 15.5. The molecule has 0 aliphatic heterocycles. The lowest BCUT2D eigenvalue weighted by molar-refractivity contribution is 0.0979. The Balaban J connectivity index is 1.18. The number of benzene rings is 2. The molecule has 1 saturated carbocycles. The fraction of sp³-hybridized carbons (Fsp3) is 0.458. The van der Waals surface area contributed by atoms with Crippen LogP contribution < -0.4 is 5.32 Å². The van der Waals surface area contributed by atoms with Crippen LogP contribution >= 0.6 is 0 Å². The molecule has 0 heterocycles. The minimum atomic E-state index is 0.263. The Kier molecular flexibility index (Phi) is 5.21. The zero-order chi connectivity index (χ0) is 17.8. The van der Waals surface area contributed by atoms with Crippen LogP contribution in [0.1, 0.15) is 60.0 Å². The first-order chi connectivity index (χ1) is 12.7. The number of Topliss-reactive ketones (excluding diaryl/α,β-unsaturated/α-hetero) is 1. The van der Waals surface area contributed by atoms with Gasteiger partial charge in [0.25, 0.3) is 0 Å². The van der Waals surface area contributed by atoms with Crippen LogP contribution in [0.15, 0.2) is 54.6 Å². The van der Waals surface area contributed by atoms with Crippen molar-refractivity contribution < 1.29 is 4.79 Å². The monoisotopic (exact) mass is 347 g/mol. The van der Waals surface area contributed by atoms with Gasteiger partial charge < -0.3 is 5.32 Å². The smallest absolute Gasteiger partial charge is 0.162 e. The number of carbonyl (C=O) groups is 1. The van der Waals surface area contributed by atoms with Crippen molar-refractivity contribution in [3.8, 4) is 0 Å². The highest BCUT2D eigenvalue weighted by Crippen LogP contribution is 2.47. The van der Waals surface area contributed by atoms with E-state index in [0.717, 1.165) is 18.5 Å². The summed E-state index contributed by atoms with van der Waals surface area (Å²) in [5.74, 6) is 0.263. The minimum Gasteiger partial charge on any atom is -0.314 e. The van der Waals surface area contributed by atoms with Gasteiger partial charge in [-0.15, -0.1) is 0 Å². The van der Waals surface area contributed by atoms with Crippen LogP contribution in [-0.4, -0.2) is 18.4 Å². The number of rotatable bonds is 6. The van der Waals surface area contributed by atoms with Crippen LogP contribution in [0, 0.1) is 5.41 Å². The van der Waals surface area contributed by atoms with Crippen molar-refractivity contribution in [2.75, 3.05) is 6.54 Å². The lowest BCUT2D eigenvalue weighted by Crippen LogP contribution is -2.38. The molecule has 0 atom stereocenters. The number of nitrogens with one attached hydrogen (secondary N) is 1. The highest BCUT2D eigenvalue weighted by molar-refractivity contribution is 5.95. The van der Waals surface area contributed by atoms with Gasteiger partial charge >= 0.3 is 0 Å². The topological polar surface area (TPSA) is 29.1 Å². The van der Waals surface area contributed by atoms with Crippen LogP contribution in [0.4, 0.5) is 0 Å². The molecule has 2 aromatic rings. The molecule has 0 saturated heterocycles. The summed E-state index contributed by atoms with van der Waals surface area (Å²) < 4.78 is 0. The minimum absolute atomic E-state index is 0.263. The summed E-state index contributed by atoms with van der Waals surface area (Å²) in [6, 6.07) is 19.3. The second-order valence-corrected chi connectivity index (χ2v) is 8.24. The van der Waals surface area contributed by atoms with E-state index in [-0.39, 0.29) is 5.78 Å². The normalized spacial score (nSPS) is 18.8. The molecule has 1 N–H and O–H groups in total. The Bertz CT molecular complexity index is 717. The molecule has 1 spiro atoms. The number of hydrogen-bond acceptors (Lipinski definition) is 2. The van der Waals surface area contributed by atoms with Gasteiger partial charge in [-0.25, -0.2) is 0 Å². The Morgan fingerprint density at radius 2 is 1.54 bits per heavy atom. The summed E-state index contributed by atoms with van der Waals surface area (Å²) in [5.41, 5.74) is 4.54. The molecule has 2 heteroatoms. The first kappa shape index (κ1) is 17.5. The summed E-state index contributed by atoms with van der Waals surface area (Å²) in [6.07, 6.45) is 9.36. The maximum atomic E-state index is 12.1. The van der Waals surface area contributed by atoms with E-state index in [4.69, 9.17) is 0 Å². The summed E-state index contributed by atoms with van der Waals surface area (Å²) in [6.45, 7) is 0.955. The van der Waals surface area contributed by atoms with Gasteiger partial charge in [0.2, 0.25) is 0 Å². The van der Waals surface area contributed by atoms with Crippen molar-refractivity contribution in [2.45, 2.75) is 57.4 Å². The Hall–Kier alpha value is -1.93. The molecule has 0 bridgehead atoms. The van der Waals surface area contributed by atoms with E-state index in [2.05, 4.69) is 29.6 Å². The Morgan fingerprint density at radius 1 is 0.923 bits per heavy atom. The van der Waals surface area contributed by atoms with Gasteiger partial charge in [-0.05, 0) is 68.0 Å². The Labute approximate surface area is 157 Å². The van der Waals surface area contributed by atoms with Crippen LogP contribution in [0.3, 0.4) is 0 Å². The fourth-order valence-corrected chi connectivity index (χ4v) is 4.88. The van der Waals surface area contributed by atoms with E-state index in [1.54, 1.807) is 11.1 Å². The molecular weight excluding hydrogens is 318 g/mol. The molecule has 0 amide bonds. The first-order valence-electron chi connectivity index (χ1n) is 10.1. The fourth-order valence-electron chi connectivity index (χ4n) is 4.88. The molecule has 1 fully saturated rings. The molecule has 0 aromatic heterocycles. The highest BCUT2D eigenvalue weighted by atomic mass is 16.1. The first-order valence-corrected chi connectivity index (χ1v) is 10.1. The number of hydrogen-bond donors (Lipinski definition) is 1. The van der Waals surface area contributed by atoms with Gasteiger partial charge in [0.1, 0.15) is 0 Å². The van der Waals surface area contributed by atoms with Crippen molar-refractivity contribution in [1.82, 2.24) is 5.32 Å². The van der Waals surface area contributed by atoms with Crippen molar-refractivity contribution in [1.29, 1.82) is 0 Å². The number of carbonyl (C=O) groups excluding carboxylic acids is 1. The lowest BCUT2D eigenvalue weighted by atomic mass is 9.70. The van der Waals surface area contributed by atoms with Crippen molar-refractivity contribution in [3.63, 3.8) is 0 Å². The largest absolute Gasteiger partial charge is 0.314 e. The quantitative estimate of drug-likeness (QED) is 0.591. The highest BCUT2D eigenvalue weighted by Gasteiger charge is 2.39. The second-order valence-electron chi connectivity index (χ2n) is 8.24. The molecule has 2 aromatic carbocycles. The zero-order valence-corrected chi connectivity index (χ0v) is 15.5. The van der Waals surface area contributed by atoms with Gasteiger partial charge in [0.05, 0.1) is 0 Å². The summed E-state index contributed by atoms with van der Waals surface area (Å²) >= 11 is 0. The van der Waals surface area contributed by atoms with Gasteiger partial charge in [0.15, 0.2) is 5.78 Å². The maximum absolute atomic E-state index is 12.1. The van der Waals surface area contributed by atoms with Crippen LogP contribution in [0.2, 0.25) is 0 Å². The summed E-state index contributed by atoms with van der Waals surface area (Å²) in [5, 5.41) is 3.70. The SMILES string of the molecule is O=C(CCCNC1CCC2(CC1)Cc1ccccc1C2)c1ccccc1. The summed E-state index contributed by atoms with van der Waals surface area (Å²) in [7, 11) is 0. The van der Waals surface area contributed by atoms with Gasteiger partial charge in [-0.3, -0.25) is 4.79 Å². The molecule has 2 nitrogen and oxygen atoms in total. The molecule has 2 aliphatic carbocycles. The molecule has 136 valence electrons. The van der Waals surface area contributed by atoms with E-state index in [0.29, 0.717) is 17.9 Å². The van der Waals surface area contributed by atoms with E-state index in [1.165, 1.54) is 38.5 Å². The summed E-state index contributed by atoms with van der Waals surface area (Å²) in [4.78, 5) is 12.1.